The highest BCUT2D eigenvalue weighted by Crippen LogP contribution is 2.38. The highest BCUT2D eigenvalue weighted by molar-refractivity contribution is 7.80. The summed E-state index contributed by atoms with van der Waals surface area (Å²) in [7, 11) is 0. The fourth-order valence-electron chi connectivity index (χ4n) is 2.79. The first kappa shape index (κ1) is 18.6. The average molecular weight is 363 g/mol. The van der Waals surface area contributed by atoms with Gasteiger partial charge in [0.2, 0.25) is 5.91 Å². The number of hydrogen-bond acceptors (Lipinski definition) is 4. The third-order valence-corrected chi connectivity index (χ3v) is 4.24. The molecule has 132 valence electrons. The third kappa shape index (κ3) is 3.67. The topological polar surface area (TPSA) is 77.8 Å². The molecule has 1 amide bonds. The molecule has 0 aliphatic carbocycles. The summed E-state index contributed by atoms with van der Waals surface area (Å²) in [4.78, 5) is 24.4. The van der Waals surface area contributed by atoms with Gasteiger partial charge in [0.25, 0.3) is 0 Å². The van der Waals surface area contributed by atoms with Crippen LogP contribution in [-0.2, 0) is 21.4 Å². The van der Waals surface area contributed by atoms with E-state index in [-0.39, 0.29) is 30.7 Å². The number of carboxylic acid groups (broad SMARTS) is 1. The Hall–Kier alpha value is -1.74. The minimum absolute atomic E-state index is 0.00990. The predicted octanol–water partition coefficient (Wildman–Crippen LogP) is 1.90. The molecule has 9 heteroatoms. The van der Waals surface area contributed by atoms with E-state index in [4.69, 9.17) is 0 Å². The largest absolute Gasteiger partial charge is 0.480 e. The molecular formula is C15H16F3NO4S. The Bertz CT molecular complexity index is 635. The summed E-state index contributed by atoms with van der Waals surface area (Å²) in [5.74, 6) is -1.52. The number of carbonyl (C=O) groups is 2. The first-order valence-electron chi connectivity index (χ1n) is 7.12. The molecule has 1 fully saturated rings. The van der Waals surface area contributed by atoms with Gasteiger partial charge in [-0.05, 0) is 23.4 Å². The van der Waals surface area contributed by atoms with Gasteiger partial charge in [0, 0.05) is 12.8 Å². The highest BCUT2D eigenvalue weighted by Gasteiger charge is 2.48. The van der Waals surface area contributed by atoms with Crippen molar-refractivity contribution in [2.24, 2.45) is 0 Å². The van der Waals surface area contributed by atoms with Gasteiger partial charge >= 0.3 is 12.1 Å². The minimum atomic E-state index is -4.50. The van der Waals surface area contributed by atoms with Gasteiger partial charge in [0.05, 0.1) is 12.1 Å². The van der Waals surface area contributed by atoms with Crippen molar-refractivity contribution in [1.29, 1.82) is 0 Å². The fourth-order valence-corrected chi connectivity index (χ4v) is 2.98. The molecule has 1 saturated heterocycles. The molecule has 0 radical (unpaired) electrons. The lowest BCUT2D eigenvalue weighted by Gasteiger charge is -2.24. The van der Waals surface area contributed by atoms with Crippen LogP contribution in [0.25, 0.3) is 0 Å². The maximum Gasteiger partial charge on any atom is 0.416 e. The Labute approximate surface area is 141 Å². The van der Waals surface area contributed by atoms with E-state index in [0.29, 0.717) is 0 Å². The number of carboxylic acids is 1. The number of nitrogens with zero attached hydrogens (tertiary/aromatic N) is 1. The molecule has 1 aliphatic heterocycles. The Morgan fingerprint density at radius 1 is 1.29 bits per heavy atom. The van der Waals surface area contributed by atoms with Crippen LogP contribution in [0.3, 0.4) is 0 Å². The second kappa shape index (κ2) is 6.64. The van der Waals surface area contributed by atoms with Gasteiger partial charge in [-0.3, -0.25) is 4.79 Å². The number of aliphatic hydroxyl groups is 1. The van der Waals surface area contributed by atoms with Crippen molar-refractivity contribution < 1.29 is 33.0 Å². The molecule has 1 aromatic rings. The number of amides is 1. The summed E-state index contributed by atoms with van der Waals surface area (Å²) in [6.45, 7) is -0.290. The molecule has 0 bridgehead atoms. The van der Waals surface area contributed by atoms with Crippen LogP contribution in [0.2, 0.25) is 0 Å². The molecule has 2 N–H and O–H groups in total. The molecule has 24 heavy (non-hydrogen) atoms. The number of benzene rings is 1. The van der Waals surface area contributed by atoms with Gasteiger partial charge in [-0.1, -0.05) is 12.1 Å². The highest BCUT2D eigenvalue weighted by atomic mass is 32.1. The van der Waals surface area contributed by atoms with Crippen molar-refractivity contribution >= 4 is 24.5 Å². The van der Waals surface area contributed by atoms with Crippen LogP contribution in [0.1, 0.15) is 24.0 Å². The Morgan fingerprint density at radius 3 is 2.33 bits per heavy atom. The van der Waals surface area contributed by atoms with Crippen molar-refractivity contribution in [2.75, 3.05) is 12.3 Å². The number of β-amino-alcohol motifs (C(OH)–C–C–N with tert-alkyl or cyclic N) is 1. The lowest BCUT2D eigenvalue weighted by atomic mass is 9.90. The molecule has 0 saturated carbocycles. The Kier molecular flexibility index (Phi) is 5.14. The molecule has 0 spiro atoms. The molecular weight excluding hydrogens is 347 g/mol. The lowest BCUT2D eigenvalue weighted by Crippen LogP contribution is -2.41. The molecule has 1 aliphatic rings. The van der Waals surface area contributed by atoms with E-state index in [2.05, 4.69) is 12.6 Å². The number of halogens is 3. The van der Waals surface area contributed by atoms with E-state index in [1.54, 1.807) is 0 Å². The van der Waals surface area contributed by atoms with Gasteiger partial charge in [0.15, 0.2) is 0 Å². The second-order valence-corrected chi connectivity index (χ2v) is 6.11. The number of aliphatic carboxylic acids is 1. The number of alkyl halides is 3. The number of carbonyl (C=O) groups excluding carboxylic acids is 1. The average Bonchev–Trinajstić information content (AvgIpc) is 2.87. The van der Waals surface area contributed by atoms with Crippen molar-refractivity contribution in [3.05, 3.63) is 35.4 Å². The summed E-state index contributed by atoms with van der Waals surface area (Å²) in [5, 5.41) is 20.0. The first-order valence-corrected chi connectivity index (χ1v) is 7.75. The van der Waals surface area contributed by atoms with Crippen LogP contribution in [0, 0.1) is 0 Å². The zero-order chi connectivity index (χ0) is 18.1. The minimum Gasteiger partial charge on any atom is -0.480 e. The summed E-state index contributed by atoms with van der Waals surface area (Å²) >= 11 is 3.92. The summed E-state index contributed by atoms with van der Waals surface area (Å²) in [6.07, 6.45) is -4.78. The third-order valence-electron chi connectivity index (χ3n) is 4.02. The van der Waals surface area contributed by atoms with Crippen LogP contribution in [-0.4, -0.2) is 45.3 Å². The second-order valence-electron chi connectivity index (χ2n) is 5.66. The molecule has 2 rings (SSSR count). The number of hydrogen-bond donors (Lipinski definition) is 3. The van der Waals surface area contributed by atoms with E-state index in [1.165, 1.54) is 0 Å². The lowest BCUT2D eigenvalue weighted by molar-refractivity contribution is -0.148. The summed E-state index contributed by atoms with van der Waals surface area (Å²) < 4.78 is 37.8. The van der Waals surface area contributed by atoms with Crippen LogP contribution < -0.4 is 0 Å². The molecule has 1 heterocycles. The van der Waals surface area contributed by atoms with Gasteiger partial charge in [-0.15, -0.1) is 0 Å². The maximum atomic E-state index is 12.6. The summed E-state index contributed by atoms with van der Waals surface area (Å²) in [6, 6.07) is 2.62. The van der Waals surface area contributed by atoms with Crippen molar-refractivity contribution in [2.45, 2.75) is 30.7 Å². The zero-order valence-corrected chi connectivity index (χ0v) is 13.3. The number of rotatable bonds is 4. The van der Waals surface area contributed by atoms with Crippen molar-refractivity contribution in [1.82, 2.24) is 4.90 Å². The van der Waals surface area contributed by atoms with E-state index < -0.39 is 35.3 Å². The van der Waals surface area contributed by atoms with Gasteiger partial charge in [0.1, 0.15) is 11.6 Å². The molecule has 1 aromatic carbocycles. The monoisotopic (exact) mass is 363 g/mol. The molecule has 5 nitrogen and oxygen atoms in total. The zero-order valence-electron chi connectivity index (χ0n) is 12.5. The van der Waals surface area contributed by atoms with Crippen molar-refractivity contribution in [3.63, 3.8) is 0 Å². The number of likely N-dealkylation sites (tertiary alicyclic amines) is 1. The van der Waals surface area contributed by atoms with Crippen LogP contribution in [0.5, 0.6) is 0 Å². The first-order chi connectivity index (χ1) is 11.1. The van der Waals surface area contributed by atoms with Gasteiger partial charge in [-0.2, -0.15) is 25.8 Å². The van der Waals surface area contributed by atoms with E-state index in [1.807, 2.05) is 0 Å². The van der Waals surface area contributed by atoms with Crippen LogP contribution >= 0.6 is 12.6 Å². The maximum absolute atomic E-state index is 12.6. The summed E-state index contributed by atoms with van der Waals surface area (Å²) in [5.41, 5.74) is -2.44. The molecule has 0 aromatic heterocycles. The molecule has 1 unspecified atom stereocenters. The van der Waals surface area contributed by atoms with Crippen LogP contribution in [0.15, 0.2) is 24.3 Å². The standard InChI is InChI=1S/C15H16F3NO4S/c16-15(17,18)10-3-1-9(2-4-10)14(23)7-11(13(21)22)19(8-14)12(20)5-6-24/h1-4,11,23-24H,5-8H2,(H,21,22)/t11-,14?/m0/s1. The van der Waals surface area contributed by atoms with E-state index in [0.717, 1.165) is 29.2 Å². The fraction of sp³-hybridized carbons (Fsp3) is 0.467. The van der Waals surface area contributed by atoms with E-state index >= 15 is 0 Å². The number of thiol groups is 1. The Morgan fingerprint density at radius 2 is 1.88 bits per heavy atom. The molecule has 2 atom stereocenters. The SMILES string of the molecule is O=C(O)[C@@H]1CC(O)(c2ccc(C(F)(F)F)cc2)CN1C(=O)CCS. The normalized spacial score (nSPS) is 24.2. The van der Waals surface area contributed by atoms with Crippen LogP contribution in [0.4, 0.5) is 13.2 Å². The van der Waals surface area contributed by atoms with Gasteiger partial charge in [-0.25, -0.2) is 4.79 Å². The Balaban J connectivity index is 2.29. The predicted molar refractivity (Wildman–Crippen MR) is 81.6 cm³/mol. The van der Waals surface area contributed by atoms with Crippen molar-refractivity contribution in [3.8, 4) is 0 Å². The smallest absolute Gasteiger partial charge is 0.416 e. The quantitative estimate of drug-likeness (QED) is 0.714. The van der Waals surface area contributed by atoms with E-state index in [9.17, 15) is 33.0 Å². The van der Waals surface area contributed by atoms with Gasteiger partial charge < -0.3 is 15.1 Å².